The van der Waals surface area contributed by atoms with E-state index in [1.54, 1.807) is 12.1 Å². The molecule has 0 aromatic heterocycles. The number of carbonyl (C=O) groups excluding carboxylic acids is 3. The lowest BCUT2D eigenvalue weighted by molar-refractivity contribution is -0.919. The molecule has 0 spiro atoms. The smallest absolute Gasteiger partial charge is 0.314 e. The van der Waals surface area contributed by atoms with Gasteiger partial charge in [0, 0.05) is 5.56 Å². The van der Waals surface area contributed by atoms with Crippen molar-refractivity contribution >= 4 is 23.5 Å². The molecule has 2 aromatic rings. The van der Waals surface area contributed by atoms with Gasteiger partial charge in [-0.3, -0.25) is 9.59 Å². The summed E-state index contributed by atoms with van der Waals surface area (Å²) in [6, 6.07) is 16.3. The zero-order valence-corrected chi connectivity index (χ0v) is 14.9. The summed E-state index contributed by atoms with van der Waals surface area (Å²) >= 11 is 0. The van der Waals surface area contributed by atoms with E-state index in [0.717, 1.165) is 32.4 Å². The standard InChI is InChI=1S/C20H21N3O3/c1-3-21(13-16-7-5-4-6-8-16)14-22-18(24)19(25)23(20(22)26)17-11-9-15(2)10-12-17/h4-12H,3,13-14H2,1-2H3/p+1. The quantitative estimate of drug-likeness (QED) is 0.631. The Kier molecular flexibility index (Phi) is 5.14. The fourth-order valence-electron chi connectivity index (χ4n) is 2.97. The molecule has 1 heterocycles. The van der Waals surface area contributed by atoms with Gasteiger partial charge >= 0.3 is 17.8 Å². The Hall–Kier alpha value is -2.99. The first-order valence-electron chi connectivity index (χ1n) is 8.65. The second-order valence-corrected chi connectivity index (χ2v) is 6.42. The summed E-state index contributed by atoms with van der Waals surface area (Å²) in [6.07, 6.45) is 0. The first-order valence-corrected chi connectivity index (χ1v) is 8.65. The highest BCUT2D eigenvalue weighted by Gasteiger charge is 2.46. The van der Waals surface area contributed by atoms with Crippen molar-refractivity contribution in [2.24, 2.45) is 0 Å². The van der Waals surface area contributed by atoms with Gasteiger partial charge in [-0.2, -0.15) is 0 Å². The van der Waals surface area contributed by atoms with E-state index < -0.39 is 17.8 Å². The number of anilines is 1. The molecular formula is C20H22N3O3+. The monoisotopic (exact) mass is 352 g/mol. The van der Waals surface area contributed by atoms with Gasteiger partial charge < -0.3 is 4.90 Å². The Morgan fingerprint density at radius 3 is 2.15 bits per heavy atom. The van der Waals surface area contributed by atoms with Crippen molar-refractivity contribution in [3.05, 3.63) is 65.7 Å². The van der Waals surface area contributed by atoms with Crippen molar-refractivity contribution in [1.29, 1.82) is 0 Å². The SMILES string of the molecule is CC[NH+](Cc1ccccc1)CN1C(=O)C(=O)N(c2ccc(C)cc2)C1=O. The molecule has 1 aliphatic rings. The molecule has 0 bridgehead atoms. The van der Waals surface area contributed by atoms with Crippen LogP contribution in [0.3, 0.4) is 0 Å². The molecule has 0 aliphatic carbocycles. The van der Waals surface area contributed by atoms with Crippen molar-refractivity contribution in [2.75, 3.05) is 18.1 Å². The highest BCUT2D eigenvalue weighted by molar-refractivity contribution is 6.52. The number of nitrogens with zero attached hydrogens (tertiary/aromatic N) is 2. The molecule has 1 aliphatic heterocycles. The summed E-state index contributed by atoms with van der Waals surface area (Å²) in [5.41, 5.74) is 2.55. The van der Waals surface area contributed by atoms with Gasteiger partial charge in [0.15, 0.2) is 6.67 Å². The van der Waals surface area contributed by atoms with E-state index in [9.17, 15) is 14.4 Å². The Morgan fingerprint density at radius 2 is 1.54 bits per heavy atom. The summed E-state index contributed by atoms with van der Waals surface area (Å²) in [5, 5.41) is 0. The lowest BCUT2D eigenvalue weighted by Gasteiger charge is -2.22. The van der Waals surface area contributed by atoms with E-state index in [0.29, 0.717) is 12.2 Å². The maximum atomic E-state index is 12.7. The maximum absolute atomic E-state index is 12.7. The number of benzene rings is 2. The van der Waals surface area contributed by atoms with E-state index >= 15 is 0 Å². The fourth-order valence-corrected chi connectivity index (χ4v) is 2.97. The van der Waals surface area contributed by atoms with Crippen LogP contribution in [0.5, 0.6) is 0 Å². The largest absolute Gasteiger partial charge is 0.343 e. The van der Waals surface area contributed by atoms with Crippen LogP contribution in [0.1, 0.15) is 18.1 Å². The van der Waals surface area contributed by atoms with Crippen molar-refractivity contribution in [2.45, 2.75) is 20.4 Å². The van der Waals surface area contributed by atoms with Crippen LogP contribution in [0.25, 0.3) is 0 Å². The predicted octanol–water partition coefficient (Wildman–Crippen LogP) is 1.35. The van der Waals surface area contributed by atoms with Gasteiger partial charge in [-0.05, 0) is 26.0 Å². The first-order chi connectivity index (χ1) is 12.5. The van der Waals surface area contributed by atoms with Gasteiger partial charge in [0.2, 0.25) is 0 Å². The number of rotatable bonds is 6. The molecule has 26 heavy (non-hydrogen) atoms. The number of hydrogen-bond donors (Lipinski definition) is 1. The van der Waals surface area contributed by atoms with Crippen LogP contribution in [0.4, 0.5) is 10.5 Å². The molecule has 134 valence electrons. The molecule has 6 heteroatoms. The second-order valence-electron chi connectivity index (χ2n) is 6.42. The average molecular weight is 352 g/mol. The van der Waals surface area contributed by atoms with Crippen molar-refractivity contribution in [3.63, 3.8) is 0 Å². The Balaban J connectivity index is 1.77. The molecule has 0 saturated carbocycles. The number of amides is 4. The summed E-state index contributed by atoms with van der Waals surface area (Å²) in [4.78, 5) is 40.5. The second kappa shape index (κ2) is 7.49. The Bertz CT molecular complexity index is 818. The lowest BCUT2D eigenvalue weighted by atomic mass is 10.2. The van der Waals surface area contributed by atoms with E-state index in [4.69, 9.17) is 0 Å². The van der Waals surface area contributed by atoms with Gasteiger partial charge in [0.1, 0.15) is 6.54 Å². The van der Waals surface area contributed by atoms with Crippen LogP contribution in [0.2, 0.25) is 0 Å². The average Bonchev–Trinajstić information content (AvgIpc) is 2.86. The van der Waals surface area contributed by atoms with Gasteiger partial charge in [0.25, 0.3) is 0 Å². The minimum absolute atomic E-state index is 0.164. The molecule has 1 saturated heterocycles. The zero-order chi connectivity index (χ0) is 18.7. The molecule has 3 rings (SSSR count). The normalized spacial score (nSPS) is 15.7. The van der Waals surface area contributed by atoms with E-state index in [1.807, 2.05) is 56.3 Å². The van der Waals surface area contributed by atoms with Crippen LogP contribution in [0.15, 0.2) is 54.6 Å². The number of aryl methyl sites for hydroxylation is 1. The third-order valence-corrected chi connectivity index (χ3v) is 4.52. The van der Waals surface area contributed by atoms with Crippen molar-refractivity contribution in [3.8, 4) is 0 Å². The highest BCUT2D eigenvalue weighted by Crippen LogP contribution is 2.21. The first kappa shape index (κ1) is 17.8. The minimum atomic E-state index is -0.797. The number of quaternary nitrogens is 1. The summed E-state index contributed by atoms with van der Waals surface area (Å²) in [7, 11) is 0. The number of urea groups is 1. The molecule has 1 atom stereocenters. The van der Waals surface area contributed by atoms with Crippen molar-refractivity contribution < 1.29 is 19.3 Å². The molecule has 1 fully saturated rings. The third kappa shape index (κ3) is 3.50. The summed E-state index contributed by atoms with van der Waals surface area (Å²) in [6.45, 7) is 5.47. The highest BCUT2D eigenvalue weighted by atomic mass is 16.2. The fraction of sp³-hybridized carbons (Fsp3) is 0.250. The molecular weight excluding hydrogens is 330 g/mol. The number of hydrogen-bond acceptors (Lipinski definition) is 3. The minimum Gasteiger partial charge on any atom is -0.314 e. The lowest BCUT2D eigenvalue weighted by Crippen LogP contribution is -3.12. The van der Waals surface area contributed by atoms with E-state index in [2.05, 4.69) is 0 Å². The number of imide groups is 2. The Labute approximate surface area is 152 Å². The molecule has 0 radical (unpaired) electrons. The molecule has 2 aromatic carbocycles. The predicted molar refractivity (Wildman–Crippen MR) is 97.4 cm³/mol. The van der Waals surface area contributed by atoms with E-state index in [-0.39, 0.29) is 6.67 Å². The van der Waals surface area contributed by atoms with Crippen LogP contribution in [0, 0.1) is 6.92 Å². The topological polar surface area (TPSA) is 62.1 Å². The van der Waals surface area contributed by atoms with Gasteiger partial charge in [-0.1, -0.05) is 48.0 Å². The summed E-state index contributed by atoms with van der Waals surface area (Å²) in [5.74, 6) is -1.57. The molecule has 1 N–H and O–H groups in total. The van der Waals surface area contributed by atoms with Crippen molar-refractivity contribution in [1.82, 2.24) is 4.90 Å². The van der Waals surface area contributed by atoms with E-state index in [1.165, 1.54) is 0 Å². The zero-order valence-electron chi connectivity index (χ0n) is 14.9. The van der Waals surface area contributed by atoms with Gasteiger partial charge in [-0.25, -0.2) is 14.6 Å². The Morgan fingerprint density at radius 1 is 0.885 bits per heavy atom. The van der Waals surface area contributed by atoms with Crippen LogP contribution in [-0.2, 0) is 16.1 Å². The number of carbonyl (C=O) groups is 3. The van der Waals surface area contributed by atoms with Gasteiger partial charge in [-0.15, -0.1) is 0 Å². The molecule has 4 amide bonds. The number of nitrogens with one attached hydrogen (secondary N) is 1. The third-order valence-electron chi connectivity index (χ3n) is 4.52. The maximum Gasteiger partial charge on any atom is 0.343 e. The van der Waals surface area contributed by atoms with Gasteiger partial charge in [0.05, 0.1) is 12.2 Å². The molecule has 1 unspecified atom stereocenters. The summed E-state index contributed by atoms with van der Waals surface area (Å²) < 4.78 is 0. The van der Waals surface area contributed by atoms with Crippen LogP contribution in [-0.4, -0.2) is 36.0 Å². The molecule has 6 nitrogen and oxygen atoms in total. The van der Waals surface area contributed by atoms with Crippen LogP contribution >= 0.6 is 0 Å². The van der Waals surface area contributed by atoms with Crippen LogP contribution < -0.4 is 9.80 Å².